The summed E-state index contributed by atoms with van der Waals surface area (Å²) in [6.45, 7) is -0.302. The van der Waals surface area contributed by atoms with Crippen molar-refractivity contribution >= 4 is 50.0 Å². The molecule has 0 spiro atoms. The number of hydrogen-bond acceptors (Lipinski definition) is 11. The van der Waals surface area contributed by atoms with Gasteiger partial charge in [0.05, 0.1) is 42.9 Å². The van der Waals surface area contributed by atoms with Gasteiger partial charge in [-0.15, -0.1) is 0 Å². The van der Waals surface area contributed by atoms with E-state index in [1.165, 1.54) is 44.6 Å². The van der Waals surface area contributed by atoms with Crippen molar-refractivity contribution in [1.82, 2.24) is 9.97 Å². The van der Waals surface area contributed by atoms with E-state index in [9.17, 15) is 13.2 Å². The van der Waals surface area contributed by atoms with Gasteiger partial charge in [-0.3, -0.25) is 14.4 Å². The quantitative estimate of drug-likeness (QED) is 0.144. The third-order valence-corrected chi connectivity index (χ3v) is 8.04. The number of hydroxylamine groups is 1. The molecule has 0 saturated heterocycles. The molecule has 0 bridgehead atoms. The summed E-state index contributed by atoms with van der Waals surface area (Å²) >= 11 is 0. The van der Waals surface area contributed by atoms with Crippen molar-refractivity contribution in [1.29, 1.82) is 0 Å². The number of nitrogens with zero attached hydrogens (tertiary/aromatic N) is 3. The molecule has 0 aliphatic heterocycles. The number of nitrogens with one attached hydrogen (secondary N) is 2. The molecule has 0 saturated carbocycles. The molecule has 0 fully saturated rings. The molecule has 0 radical (unpaired) electrons. The first-order valence-electron chi connectivity index (χ1n) is 13.9. The van der Waals surface area contributed by atoms with Crippen molar-refractivity contribution in [3.8, 4) is 17.2 Å². The Kier molecular flexibility index (Phi) is 9.69. The molecule has 4 N–H and O–H groups in total. The molecule has 0 aliphatic rings. The maximum Gasteiger partial charge on any atom is 0.263 e. The SMILES string of the molecule is COc1cc(Nc2nc3ccccc3nc2NS(=O)(=O)c2cccc(N(CC(N)=O)OCc3ccccc3OC)c2)cc(OC)c1. The van der Waals surface area contributed by atoms with Crippen molar-refractivity contribution in [3.63, 3.8) is 0 Å². The predicted molar refractivity (Wildman–Crippen MR) is 174 cm³/mol. The topological polar surface area (TPSA) is 167 Å². The van der Waals surface area contributed by atoms with Gasteiger partial charge in [-0.1, -0.05) is 36.4 Å². The van der Waals surface area contributed by atoms with Crippen molar-refractivity contribution < 1.29 is 32.3 Å². The summed E-state index contributed by atoms with van der Waals surface area (Å²) < 4.78 is 46.2. The molecule has 14 heteroatoms. The van der Waals surface area contributed by atoms with E-state index in [0.29, 0.717) is 39.5 Å². The summed E-state index contributed by atoms with van der Waals surface area (Å²) in [7, 11) is 0.340. The number of primary amides is 1. The lowest BCUT2D eigenvalue weighted by atomic mass is 10.2. The van der Waals surface area contributed by atoms with Crippen LogP contribution in [0.4, 0.5) is 23.0 Å². The minimum atomic E-state index is -4.24. The monoisotopic (exact) mass is 644 g/mol. The van der Waals surface area contributed by atoms with Crippen LogP contribution in [-0.4, -0.2) is 52.2 Å². The summed E-state index contributed by atoms with van der Waals surface area (Å²) in [6, 6.07) is 25.3. The van der Waals surface area contributed by atoms with E-state index >= 15 is 0 Å². The number of sulfonamides is 1. The fraction of sp³-hybridized carbons (Fsp3) is 0.156. The van der Waals surface area contributed by atoms with Gasteiger partial charge in [0.15, 0.2) is 11.6 Å². The van der Waals surface area contributed by atoms with Crippen LogP contribution in [0.5, 0.6) is 17.2 Å². The Bertz CT molecular complexity index is 1950. The Hall–Kier alpha value is -5.60. The molecule has 1 amide bonds. The Morgan fingerprint density at radius 3 is 2.11 bits per heavy atom. The second-order valence-electron chi connectivity index (χ2n) is 9.83. The van der Waals surface area contributed by atoms with Gasteiger partial charge >= 0.3 is 0 Å². The van der Waals surface area contributed by atoms with Gasteiger partial charge in [0, 0.05) is 29.4 Å². The molecule has 238 valence electrons. The fourth-order valence-electron chi connectivity index (χ4n) is 4.49. The Labute approximate surface area is 265 Å². The molecule has 1 aromatic heterocycles. The van der Waals surface area contributed by atoms with Crippen molar-refractivity contribution in [2.24, 2.45) is 5.73 Å². The van der Waals surface area contributed by atoms with E-state index < -0.39 is 15.9 Å². The van der Waals surface area contributed by atoms with Gasteiger partial charge in [-0.25, -0.2) is 23.4 Å². The lowest BCUT2D eigenvalue weighted by Crippen LogP contribution is -2.34. The number of nitrogens with two attached hydrogens (primary N) is 1. The van der Waals surface area contributed by atoms with Crippen LogP contribution in [0, 0.1) is 0 Å². The second kappa shape index (κ2) is 14.0. The number of amides is 1. The number of benzene rings is 4. The number of rotatable bonds is 14. The van der Waals surface area contributed by atoms with Crippen LogP contribution in [0.2, 0.25) is 0 Å². The van der Waals surface area contributed by atoms with Crippen molar-refractivity contribution in [2.45, 2.75) is 11.5 Å². The zero-order valence-electron chi connectivity index (χ0n) is 25.3. The van der Waals surface area contributed by atoms with Crippen molar-refractivity contribution in [3.05, 3.63) is 96.6 Å². The first-order valence-corrected chi connectivity index (χ1v) is 15.4. The molecule has 46 heavy (non-hydrogen) atoms. The van der Waals surface area contributed by atoms with Crippen LogP contribution >= 0.6 is 0 Å². The van der Waals surface area contributed by atoms with Gasteiger partial charge in [0.25, 0.3) is 10.0 Å². The third kappa shape index (κ3) is 7.54. The first kappa shape index (κ1) is 31.8. The van der Waals surface area contributed by atoms with E-state index in [1.54, 1.807) is 54.6 Å². The smallest absolute Gasteiger partial charge is 0.263 e. The molecule has 0 aliphatic carbocycles. The normalized spacial score (nSPS) is 11.1. The molecular weight excluding hydrogens is 612 g/mol. The zero-order valence-corrected chi connectivity index (χ0v) is 26.1. The van der Waals surface area contributed by atoms with Crippen LogP contribution < -0.4 is 35.0 Å². The molecule has 4 aromatic carbocycles. The summed E-state index contributed by atoms with van der Waals surface area (Å²) in [5.41, 5.74) is 8.03. The van der Waals surface area contributed by atoms with Gasteiger partial charge in [-0.2, -0.15) is 0 Å². The lowest BCUT2D eigenvalue weighted by Gasteiger charge is -2.23. The Morgan fingerprint density at radius 2 is 1.46 bits per heavy atom. The Balaban J connectivity index is 1.47. The molecule has 13 nitrogen and oxygen atoms in total. The highest BCUT2D eigenvalue weighted by Crippen LogP contribution is 2.32. The van der Waals surface area contributed by atoms with Gasteiger partial charge < -0.3 is 25.3 Å². The van der Waals surface area contributed by atoms with Crippen LogP contribution in [0.15, 0.2) is 95.9 Å². The highest BCUT2D eigenvalue weighted by molar-refractivity contribution is 7.92. The highest BCUT2D eigenvalue weighted by atomic mass is 32.2. The Morgan fingerprint density at radius 1 is 0.804 bits per heavy atom. The molecule has 0 atom stereocenters. The van der Waals surface area contributed by atoms with Gasteiger partial charge in [0.2, 0.25) is 5.91 Å². The zero-order chi connectivity index (χ0) is 32.7. The standard InChI is InChI=1S/C32H32N6O7S/c1-42-24-15-22(16-25(18-24)43-2)34-31-32(36-28-13-6-5-12-27(28)35-31)37-46(40,41)26-11-8-10-23(17-26)38(19-30(33)39)45-20-21-9-4-7-14-29(21)44-3/h4-18H,19-20H2,1-3H3,(H2,33,39)(H,34,35)(H,36,37). The number of fused-ring (bicyclic) bond motifs is 1. The number of anilines is 4. The average Bonchev–Trinajstić information content (AvgIpc) is 3.06. The number of methoxy groups -OCH3 is 3. The summed E-state index contributed by atoms with van der Waals surface area (Å²) in [4.78, 5) is 26.9. The summed E-state index contributed by atoms with van der Waals surface area (Å²) in [5.74, 6) is 1.04. The molecule has 0 unspecified atom stereocenters. The van der Waals surface area contributed by atoms with Gasteiger partial charge in [-0.05, 0) is 36.4 Å². The lowest BCUT2D eigenvalue weighted by molar-refractivity contribution is -0.118. The van der Waals surface area contributed by atoms with Crippen LogP contribution in [0.1, 0.15) is 5.56 Å². The fourth-order valence-corrected chi connectivity index (χ4v) is 5.54. The number of ether oxygens (including phenoxy) is 3. The van der Waals surface area contributed by atoms with E-state index in [-0.39, 0.29) is 35.4 Å². The number of carbonyl (C=O) groups excluding carboxylic acids is 1. The van der Waals surface area contributed by atoms with Crippen molar-refractivity contribution in [2.75, 3.05) is 43.0 Å². The maximum absolute atomic E-state index is 13.8. The third-order valence-electron chi connectivity index (χ3n) is 6.70. The number of para-hydroxylation sites is 3. The number of hydrogen-bond donors (Lipinski definition) is 3. The molecule has 5 rings (SSSR count). The number of carbonyl (C=O) groups is 1. The average molecular weight is 645 g/mol. The van der Waals surface area contributed by atoms with Gasteiger partial charge in [0.1, 0.15) is 30.4 Å². The van der Waals surface area contributed by atoms with Crippen LogP contribution in [0.3, 0.4) is 0 Å². The predicted octanol–water partition coefficient (Wildman–Crippen LogP) is 4.62. The largest absolute Gasteiger partial charge is 0.497 e. The minimum Gasteiger partial charge on any atom is -0.497 e. The minimum absolute atomic E-state index is 0.0310. The maximum atomic E-state index is 13.8. The summed E-state index contributed by atoms with van der Waals surface area (Å²) in [6.07, 6.45) is 0. The van der Waals surface area contributed by atoms with E-state index in [2.05, 4.69) is 20.0 Å². The molecule has 5 aromatic rings. The van der Waals surface area contributed by atoms with E-state index in [4.69, 9.17) is 24.8 Å². The second-order valence-corrected chi connectivity index (χ2v) is 11.5. The molecular formula is C32H32N6O7S. The van der Waals surface area contributed by atoms with Crippen LogP contribution in [-0.2, 0) is 26.3 Å². The molecule has 1 heterocycles. The summed E-state index contributed by atoms with van der Waals surface area (Å²) in [5, 5.41) is 4.36. The number of aromatic nitrogens is 2. The van der Waals surface area contributed by atoms with E-state index in [1.807, 2.05) is 18.2 Å². The first-order chi connectivity index (χ1) is 22.2. The van der Waals surface area contributed by atoms with E-state index in [0.717, 1.165) is 0 Å². The highest BCUT2D eigenvalue weighted by Gasteiger charge is 2.22. The van der Waals surface area contributed by atoms with Crippen LogP contribution in [0.25, 0.3) is 11.0 Å².